The van der Waals surface area contributed by atoms with Gasteiger partial charge in [0.1, 0.15) is 5.71 Å². The molecule has 1 atom stereocenters. The van der Waals surface area contributed by atoms with Crippen LogP contribution in [0, 0.1) is 0 Å². The summed E-state index contributed by atoms with van der Waals surface area (Å²) in [5.74, 6) is -0.409. The van der Waals surface area contributed by atoms with Gasteiger partial charge in [0.05, 0.1) is 12.3 Å². The van der Waals surface area contributed by atoms with Crippen molar-refractivity contribution in [1.29, 1.82) is 0 Å². The predicted octanol–water partition coefficient (Wildman–Crippen LogP) is 1.32. The van der Waals surface area contributed by atoms with Gasteiger partial charge in [0.2, 0.25) is 0 Å². The summed E-state index contributed by atoms with van der Waals surface area (Å²) in [5, 5.41) is 12.9. The van der Waals surface area contributed by atoms with E-state index >= 15 is 0 Å². The van der Waals surface area contributed by atoms with Gasteiger partial charge in [0, 0.05) is 38.6 Å². The average molecular weight is 340 g/mol. The van der Waals surface area contributed by atoms with Crippen LogP contribution in [-0.2, 0) is 17.8 Å². The summed E-state index contributed by atoms with van der Waals surface area (Å²) in [4.78, 5) is 21.9. The van der Waals surface area contributed by atoms with Crippen LogP contribution in [0.5, 0.6) is 0 Å². The normalized spacial score (nSPS) is 16.3. The van der Waals surface area contributed by atoms with Crippen LogP contribution < -0.4 is 5.32 Å². The number of aliphatic hydroxyl groups excluding tert-OH is 1. The Morgan fingerprint density at radius 3 is 2.80 bits per heavy atom. The van der Waals surface area contributed by atoms with Crippen molar-refractivity contribution in [3.63, 3.8) is 0 Å². The van der Waals surface area contributed by atoms with E-state index in [1.807, 2.05) is 6.07 Å². The Balaban J connectivity index is 1.82. The summed E-state index contributed by atoms with van der Waals surface area (Å²) in [6.07, 6.45) is 4.21. The summed E-state index contributed by atoms with van der Waals surface area (Å²) < 4.78 is 0. The fraction of sp³-hybridized carbons (Fsp3) is 0.316. The Hall–Kier alpha value is -2.57. The van der Waals surface area contributed by atoms with E-state index < -0.39 is 12.0 Å². The summed E-state index contributed by atoms with van der Waals surface area (Å²) >= 11 is 0. The van der Waals surface area contributed by atoms with Crippen LogP contribution in [0.4, 0.5) is 0 Å². The first kappa shape index (κ1) is 18.8. The van der Waals surface area contributed by atoms with E-state index in [4.69, 9.17) is 0 Å². The largest absolute Gasteiger partial charge is 0.390 e. The van der Waals surface area contributed by atoms with Gasteiger partial charge < -0.3 is 10.4 Å². The van der Waals surface area contributed by atoms with E-state index in [0.717, 1.165) is 19.5 Å². The van der Waals surface area contributed by atoms with Crippen LogP contribution in [0.1, 0.15) is 11.1 Å². The fourth-order valence-electron chi connectivity index (χ4n) is 2.75. The maximum Gasteiger partial charge on any atom is 0.271 e. The quantitative estimate of drug-likeness (QED) is 0.701. The van der Waals surface area contributed by atoms with E-state index in [1.165, 1.54) is 29.7 Å². The minimum atomic E-state index is -0.657. The lowest BCUT2D eigenvalue weighted by Gasteiger charge is -2.30. The van der Waals surface area contributed by atoms with E-state index in [-0.39, 0.29) is 12.3 Å². The number of amides is 1. The third-order valence-corrected chi connectivity index (χ3v) is 3.94. The van der Waals surface area contributed by atoms with Gasteiger partial charge in [0.25, 0.3) is 5.91 Å². The Labute approximate surface area is 148 Å². The van der Waals surface area contributed by atoms with Gasteiger partial charge in [-0.05, 0) is 17.5 Å². The fourth-order valence-corrected chi connectivity index (χ4v) is 2.75. The van der Waals surface area contributed by atoms with Crippen LogP contribution in [0.15, 0.2) is 59.8 Å². The van der Waals surface area contributed by atoms with Gasteiger partial charge in [-0.25, -0.2) is 0 Å². The number of aliphatic hydroxyl groups is 1. The van der Waals surface area contributed by atoms with Gasteiger partial charge in [-0.1, -0.05) is 37.4 Å². The molecule has 6 heteroatoms. The Morgan fingerprint density at radius 2 is 2.08 bits per heavy atom. The second kappa shape index (κ2) is 9.66. The Kier molecular flexibility index (Phi) is 7.25. The summed E-state index contributed by atoms with van der Waals surface area (Å²) in [6.45, 7) is 9.29. The highest BCUT2D eigenvalue weighted by Gasteiger charge is 2.19. The molecule has 0 saturated heterocycles. The van der Waals surface area contributed by atoms with Crippen molar-refractivity contribution in [2.45, 2.75) is 19.1 Å². The first-order valence-electron chi connectivity index (χ1n) is 8.22. The molecular formula is C19H24N4O2. The van der Waals surface area contributed by atoms with E-state index in [1.54, 1.807) is 0 Å². The number of nitrogens with one attached hydrogen (secondary N) is 1. The van der Waals surface area contributed by atoms with Crippen molar-refractivity contribution in [2.75, 3.05) is 19.6 Å². The molecule has 1 aliphatic rings. The lowest BCUT2D eigenvalue weighted by Crippen LogP contribution is -2.43. The van der Waals surface area contributed by atoms with Crippen molar-refractivity contribution in [1.82, 2.24) is 10.2 Å². The molecule has 0 unspecified atom stereocenters. The molecule has 2 rings (SSSR count). The first-order valence-corrected chi connectivity index (χ1v) is 8.22. The Morgan fingerprint density at radius 1 is 1.32 bits per heavy atom. The molecule has 0 aliphatic carbocycles. The molecule has 1 amide bonds. The molecule has 132 valence electrons. The maximum absolute atomic E-state index is 12.1. The number of nitrogens with zero attached hydrogens (tertiary/aromatic N) is 3. The molecule has 0 spiro atoms. The standard InChI is InChI=1S/C19H24N4O2/c1-3-20-12-18(21-4-2)19(25)22-11-17(24)14-23-10-9-15-7-5-6-8-16(15)13-23/h3-8,12,17,24H,1-2,9-11,13-14H2,(H,22,25)/b20-12-,21-18+/t17-/m1/s1. The van der Waals surface area contributed by atoms with Crippen LogP contribution in [-0.4, -0.2) is 53.6 Å². The molecule has 0 bridgehead atoms. The molecule has 0 radical (unpaired) electrons. The minimum absolute atomic E-state index is 0.119. The van der Waals surface area contributed by atoms with Gasteiger partial charge >= 0.3 is 0 Å². The van der Waals surface area contributed by atoms with Crippen molar-refractivity contribution in [2.24, 2.45) is 9.98 Å². The molecule has 1 aromatic carbocycles. The summed E-state index contributed by atoms with van der Waals surface area (Å²) in [6, 6.07) is 8.35. The molecule has 25 heavy (non-hydrogen) atoms. The molecule has 2 N–H and O–H groups in total. The topological polar surface area (TPSA) is 77.3 Å². The SMILES string of the molecule is C=C/N=C\C(=N/C=C)C(=O)NC[C@@H](O)CN1CCc2ccccc2C1. The molecule has 1 aliphatic heterocycles. The number of carbonyl (C=O) groups is 1. The Bertz CT molecular complexity index is 682. The van der Waals surface area contributed by atoms with Crippen molar-refractivity contribution < 1.29 is 9.90 Å². The summed E-state index contributed by atoms with van der Waals surface area (Å²) in [5.41, 5.74) is 2.79. The average Bonchev–Trinajstić information content (AvgIpc) is 2.63. The molecule has 0 saturated carbocycles. The van der Waals surface area contributed by atoms with Crippen LogP contribution in [0.25, 0.3) is 0 Å². The molecule has 6 nitrogen and oxygen atoms in total. The van der Waals surface area contributed by atoms with Crippen molar-refractivity contribution >= 4 is 17.8 Å². The third-order valence-electron chi connectivity index (χ3n) is 3.94. The van der Waals surface area contributed by atoms with E-state index in [9.17, 15) is 9.90 Å². The van der Waals surface area contributed by atoms with E-state index in [0.29, 0.717) is 6.54 Å². The zero-order valence-corrected chi connectivity index (χ0v) is 14.3. The van der Waals surface area contributed by atoms with Crippen LogP contribution in [0.2, 0.25) is 0 Å². The minimum Gasteiger partial charge on any atom is -0.390 e. The lowest BCUT2D eigenvalue weighted by atomic mass is 10.00. The number of rotatable bonds is 8. The number of carbonyl (C=O) groups excluding carboxylic acids is 1. The monoisotopic (exact) mass is 340 g/mol. The lowest BCUT2D eigenvalue weighted by molar-refractivity contribution is -0.115. The first-order chi connectivity index (χ1) is 12.1. The zero-order chi connectivity index (χ0) is 18.1. The third kappa shape index (κ3) is 5.77. The number of benzene rings is 1. The second-order valence-corrected chi connectivity index (χ2v) is 5.78. The molecule has 1 aromatic rings. The highest BCUT2D eigenvalue weighted by atomic mass is 16.3. The number of hydrogen-bond acceptors (Lipinski definition) is 5. The number of aliphatic imine (C=N–C) groups is 2. The smallest absolute Gasteiger partial charge is 0.271 e. The van der Waals surface area contributed by atoms with Crippen LogP contribution in [0.3, 0.4) is 0 Å². The molecule has 0 fully saturated rings. The highest BCUT2D eigenvalue weighted by molar-refractivity contribution is 6.60. The predicted molar refractivity (Wildman–Crippen MR) is 101 cm³/mol. The zero-order valence-electron chi connectivity index (χ0n) is 14.3. The number of fused-ring (bicyclic) bond motifs is 1. The van der Waals surface area contributed by atoms with Crippen LogP contribution >= 0.6 is 0 Å². The number of β-amino-alcohol motifs (C(OH)–C–C–N with tert-alkyl or cyclic N) is 1. The number of hydrogen-bond donors (Lipinski definition) is 2. The van der Waals surface area contributed by atoms with Gasteiger partial charge in [-0.2, -0.15) is 0 Å². The van der Waals surface area contributed by atoms with E-state index in [2.05, 4.69) is 51.6 Å². The molecular weight excluding hydrogens is 316 g/mol. The van der Waals surface area contributed by atoms with Gasteiger partial charge in [-0.15, -0.1) is 0 Å². The molecule has 1 heterocycles. The maximum atomic E-state index is 12.1. The second-order valence-electron chi connectivity index (χ2n) is 5.78. The van der Waals surface area contributed by atoms with Gasteiger partial charge in [0.15, 0.2) is 0 Å². The highest BCUT2D eigenvalue weighted by Crippen LogP contribution is 2.18. The van der Waals surface area contributed by atoms with Crippen molar-refractivity contribution in [3.8, 4) is 0 Å². The van der Waals surface area contributed by atoms with Gasteiger partial charge in [-0.3, -0.25) is 19.7 Å². The van der Waals surface area contributed by atoms with Crippen molar-refractivity contribution in [3.05, 3.63) is 61.0 Å². The summed E-state index contributed by atoms with van der Waals surface area (Å²) in [7, 11) is 0. The molecule has 0 aromatic heterocycles.